The summed E-state index contributed by atoms with van der Waals surface area (Å²) >= 11 is 1.75. The predicted molar refractivity (Wildman–Crippen MR) is 87.5 cm³/mol. The molecule has 0 bridgehead atoms. The third-order valence-electron chi connectivity index (χ3n) is 3.61. The lowest BCUT2D eigenvalue weighted by Gasteiger charge is -2.22. The van der Waals surface area contributed by atoms with Crippen molar-refractivity contribution in [3.05, 3.63) is 40.2 Å². The van der Waals surface area contributed by atoms with Crippen molar-refractivity contribution in [1.82, 2.24) is 15.5 Å². The van der Waals surface area contributed by atoms with Crippen molar-refractivity contribution >= 4 is 17.2 Å². The van der Waals surface area contributed by atoms with E-state index < -0.39 is 0 Å². The van der Waals surface area contributed by atoms with Crippen LogP contribution in [0.25, 0.3) is 0 Å². The Labute approximate surface area is 130 Å². The third kappa shape index (κ3) is 4.02. The van der Waals surface area contributed by atoms with Gasteiger partial charge >= 0.3 is 0 Å². The number of nitrogens with one attached hydrogen (secondary N) is 1. The minimum Gasteiger partial charge on any atom is -0.348 e. The predicted octanol–water partition coefficient (Wildman–Crippen LogP) is 3.21. The molecule has 112 valence electrons. The molecule has 1 N–H and O–H groups in total. The lowest BCUT2D eigenvalue weighted by molar-refractivity contribution is 0.577. The normalized spacial score (nSPS) is 14.6. The Balaban J connectivity index is 1.68. The maximum Gasteiger partial charge on any atom is 0.151 e. The van der Waals surface area contributed by atoms with Crippen LogP contribution in [0.5, 0.6) is 0 Å². The van der Waals surface area contributed by atoms with Gasteiger partial charge < -0.3 is 10.2 Å². The van der Waals surface area contributed by atoms with Crippen LogP contribution in [0.3, 0.4) is 0 Å². The molecule has 1 aliphatic carbocycles. The second-order valence-corrected chi connectivity index (χ2v) is 6.69. The number of hydrogen-bond acceptors (Lipinski definition) is 5. The number of rotatable bonds is 7. The number of thiophene rings is 1. The fourth-order valence-electron chi connectivity index (χ4n) is 2.27. The van der Waals surface area contributed by atoms with E-state index in [1.54, 1.807) is 11.3 Å². The SMILES string of the molecule is CC(C)NCc1ccc(N(Cc2ccsc2)C2CC2)nn1. The van der Waals surface area contributed by atoms with Crippen molar-refractivity contribution in [3.63, 3.8) is 0 Å². The zero-order chi connectivity index (χ0) is 14.7. The summed E-state index contributed by atoms with van der Waals surface area (Å²) in [5, 5.41) is 16.5. The van der Waals surface area contributed by atoms with Crippen LogP contribution >= 0.6 is 11.3 Å². The van der Waals surface area contributed by atoms with Gasteiger partial charge in [-0.3, -0.25) is 0 Å². The molecule has 4 nitrogen and oxygen atoms in total. The topological polar surface area (TPSA) is 41.0 Å². The molecule has 0 unspecified atom stereocenters. The van der Waals surface area contributed by atoms with E-state index in [1.807, 2.05) is 0 Å². The van der Waals surface area contributed by atoms with Crippen LogP contribution in [0.15, 0.2) is 29.0 Å². The Morgan fingerprint density at radius 2 is 2.14 bits per heavy atom. The van der Waals surface area contributed by atoms with Crippen LogP contribution in [0.1, 0.15) is 37.9 Å². The van der Waals surface area contributed by atoms with Crippen molar-refractivity contribution in [2.75, 3.05) is 4.90 Å². The van der Waals surface area contributed by atoms with Gasteiger partial charge in [0.2, 0.25) is 0 Å². The fourth-order valence-corrected chi connectivity index (χ4v) is 2.93. The number of aromatic nitrogens is 2. The first-order valence-corrected chi connectivity index (χ1v) is 8.50. The molecule has 2 aromatic heterocycles. The minimum atomic E-state index is 0.466. The quantitative estimate of drug-likeness (QED) is 0.853. The highest BCUT2D eigenvalue weighted by Gasteiger charge is 2.30. The highest BCUT2D eigenvalue weighted by atomic mass is 32.1. The Kier molecular flexibility index (Phi) is 4.51. The monoisotopic (exact) mass is 302 g/mol. The highest BCUT2D eigenvalue weighted by Crippen LogP contribution is 2.32. The molecule has 5 heteroatoms. The molecule has 3 rings (SSSR count). The van der Waals surface area contributed by atoms with Gasteiger partial charge in [-0.15, -0.1) is 5.10 Å². The smallest absolute Gasteiger partial charge is 0.151 e. The van der Waals surface area contributed by atoms with Gasteiger partial charge in [0.1, 0.15) is 0 Å². The van der Waals surface area contributed by atoms with E-state index in [-0.39, 0.29) is 0 Å². The van der Waals surface area contributed by atoms with Gasteiger partial charge in [-0.05, 0) is 47.4 Å². The van der Waals surface area contributed by atoms with Crippen LogP contribution in [0.4, 0.5) is 5.82 Å². The molecule has 0 spiro atoms. The van der Waals surface area contributed by atoms with E-state index in [2.05, 4.69) is 63.2 Å². The molecular formula is C16H22N4S. The average Bonchev–Trinajstić information content (AvgIpc) is 3.20. The third-order valence-corrected chi connectivity index (χ3v) is 4.34. The molecule has 0 saturated heterocycles. The molecule has 0 aliphatic heterocycles. The molecular weight excluding hydrogens is 280 g/mol. The van der Waals surface area contributed by atoms with Crippen LogP contribution < -0.4 is 10.2 Å². The largest absolute Gasteiger partial charge is 0.348 e. The van der Waals surface area contributed by atoms with Crippen molar-refractivity contribution in [1.29, 1.82) is 0 Å². The Hall–Kier alpha value is -1.46. The maximum absolute atomic E-state index is 4.44. The summed E-state index contributed by atoms with van der Waals surface area (Å²) in [6, 6.07) is 7.48. The molecule has 0 aromatic carbocycles. The van der Waals surface area contributed by atoms with Gasteiger partial charge in [-0.25, -0.2) is 0 Å². The van der Waals surface area contributed by atoms with Crippen molar-refractivity contribution in [3.8, 4) is 0 Å². The van der Waals surface area contributed by atoms with Crippen molar-refractivity contribution < 1.29 is 0 Å². The first-order chi connectivity index (χ1) is 10.2. The Morgan fingerprint density at radius 3 is 2.71 bits per heavy atom. The van der Waals surface area contributed by atoms with E-state index in [0.717, 1.165) is 24.6 Å². The summed E-state index contributed by atoms with van der Waals surface area (Å²) in [6.45, 7) is 5.99. The lowest BCUT2D eigenvalue weighted by atomic mass is 10.3. The summed E-state index contributed by atoms with van der Waals surface area (Å²) < 4.78 is 0. The van der Waals surface area contributed by atoms with Gasteiger partial charge in [0.25, 0.3) is 0 Å². The summed E-state index contributed by atoms with van der Waals surface area (Å²) in [7, 11) is 0. The first kappa shape index (κ1) is 14.5. The number of anilines is 1. The molecule has 21 heavy (non-hydrogen) atoms. The summed E-state index contributed by atoms with van der Waals surface area (Å²) in [4.78, 5) is 2.38. The van der Waals surface area contributed by atoms with E-state index >= 15 is 0 Å². The molecule has 0 atom stereocenters. The molecule has 0 amide bonds. The second-order valence-electron chi connectivity index (χ2n) is 5.91. The summed E-state index contributed by atoms with van der Waals surface area (Å²) in [5.74, 6) is 0.997. The van der Waals surface area contributed by atoms with Crippen LogP contribution in [-0.2, 0) is 13.1 Å². The van der Waals surface area contributed by atoms with Gasteiger partial charge in [-0.1, -0.05) is 13.8 Å². The Morgan fingerprint density at radius 1 is 1.29 bits per heavy atom. The summed E-state index contributed by atoms with van der Waals surface area (Å²) in [5.41, 5.74) is 2.36. The first-order valence-electron chi connectivity index (χ1n) is 7.56. The molecule has 1 saturated carbocycles. The van der Waals surface area contributed by atoms with Crippen LogP contribution in [-0.4, -0.2) is 22.3 Å². The number of hydrogen-bond donors (Lipinski definition) is 1. The van der Waals surface area contributed by atoms with E-state index in [9.17, 15) is 0 Å². The van der Waals surface area contributed by atoms with Gasteiger partial charge in [-0.2, -0.15) is 16.4 Å². The van der Waals surface area contributed by atoms with E-state index in [1.165, 1.54) is 18.4 Å². The second kappa shape index (κ2) is 6.54. The summed E-state index contributed by atoms with van der Waals surface area (Å²) in [6.07, 6.45) is 2.53. The van der Waals surface area contributed by atoms with Gasteiger partial charge in [0.05, 0.1) is 5.69 Å². The van der Waals surface area contributed by atoms with Crippen molar-refractivity contribution in [2.45, 2.75) is 51.9 Å². The number of nitrogens with zero attached hydrogens (tertiary/aromatic N) is 3. The van der Waals surface area contributed by atoms with Gasteiger partial charge in [0, 0.05) is 25.2 Å². The van der Waals surface area contributed by atoms with E-state index in [4.69, 9.17) is 0 Å². The van der Waals surface area contributed by atoms with Crippen LogP contribution in [0.2, 0.25) is 0 Å². The van der Waals surface area contributed by atoms with Crippen molar-refractivity contribution in [2.24, 2.45) is 0 Å². The maximum atomic E-state index is 4.44. The average molecular weight is 302 g/mol. The van der Waals surface area contributed by atoms with E-state index in [0.29, 0.717) is 12.1 Å². The molecule has 2 aromatic rings. The molecule has 1 aliphatic rings. The lowest BCUT2D eigenvalue weighted by Crippen LogP contribution is -2.26. The zero-order valence-electron chi connectivity index (χ0n) is 12.6. The molecule has 2 heterocycles. The standard InChI is InChI=1S/C16H22N4S/c1-12(2)17-9-14-3-6-16(19-18-14)20(15-4-5-15)10-13-7-8-21-11-13/h3,6-8,11-12,15,17H,4-5,9-10H2,1-2H3. The fraction of sp³-hybridized carbons (Fsp3) is 0.500. The van der Waals surface area contributed by atoms with Gasteiger partial charge in [0.15, 0.2) is 5.82 Å². The highest BCUT2D eigenvalue weighted by molar-refractivity contribution is 7.07. The molecule has 0 radical (unpaired) electrons. The zero-order valence-corrected chi connectivity index (χ0v) is 13.4. The molecule has 1 fully saturated rings. The Bertz CT molecular complexity index is 546. The van der Waals surface area contributed by atoms with Crippen LogP contribution in [0, 0.1) is 0 Å². The minimum absolute atomic E-state index is 0.466.